The van der Waals surface area contributed by atoms with E-state index in [9.17, 15) is 14.0 Å². The highest BCUT2D eigenvalue weighted by molar-refractivity contribution is 6.19. The van der Waals surface area contributed by atoms with Crippen LogP contribution in [0.4, 0.5) is 4.39 Å². The van der Waals surface area contributed by atoms with Gasteiger partial charge in [0.25, 0.3) is 0 Å². The Morgan fingerprint density at radius 2 is 1.88 bits per heavy atom. The Bertz CT molecular complexity index is 432. The number of carbonyl (C=O) groups excluding carboxylic acids is 1. The van der Waals surface area contributed by atoms with E-state index >= 15 is 0 Å². The fourth-order valence-electron chi connectivity index (χ4n) is 1.18. The minimum atomic E-state index is -1.27. The van der Waals surface area contributed by atoms with Crippen molar-refractivity contribution in [1.29, 1.82) is 0 Å². The lowest BCUT2D eigenvalue weighted by molar-refractivity contribution is -0.134. The van der Waals surface area contributed by atoms with Crippen LogP contribution in [0.25, 0.3) is 6.08 Å². The third-order valence-corrected chi connectivity index (χ3v) is 2.03. The topological polar surface area (TPSA) is 54.4 Å². The molecule has 1 aromatic carbocycles. The Kier molecular flexibility index (Phi) is 3.94. The molecule has 0 bridgehead atoms. The first-order chi connectivity index (χ1) is 7.54. The minimum absolute atomic E-state index is 0.124. The smallest absolute Gasteiger partial charge is 0.339 e. The number of rotatable bonds is 4. The van der Waals surface area contributed by atoms with Gasteiger partial charge in [-0.15, -0.1) is 0 Å². The zero-order chi connectivity index (χ0) is 12.1. The van der Waals surface area contributed by atoms with Crippen molar-refractivity contribution in [2.45, 2.75) is 13.3 Å². The molecular weight excluding hydrogens is 211 g/mol. The van der Waals surface area contributed by atoms with E-state index in [1.165, 1.54) is 30.3 Å². The van der Waals surface area contributed by atoms with Gasteiger partial charge in [-0.1, -0.05) is 19.1 Å². The highest BCUT2D eigenvalue weighted by Crippen LogP contribution is 2.10. The van der Waals surface area contributed by atoms with Crippen LogP contribution in [-0.4, -0.2) is 16.9 Å². The van der Waals surface area contributed by atoms with Gasteiger partial charge < -0.3 is 5.11 Å². The molecule has 3 nitrogen and oxygen atoms in total. The molecule has 0 radical (unpaired) electrons. The third kappa shape index (κ3) is 3.02. The summed E-state index contributed by atoms with van der Waals surface area (Å²) in [5.41, 5.74) is 0.203. The van der Waals surface area contributed by atoms with Gasteiger partial charge in [-0.05, 0) is 23.8 Å². The first kappa shape index (κ1) is 12.1. The second-order valence-corrected chi connectivity index (χ2v) is 3.19. The molecule has 0 unspecified atom stereocenters. The molecule has 0 aliphatic heterocycles. The van der Waals surface area contributed by atoms with E-state index in [0.29, 0.717) is 5.56 Å². The Morgan fingerprint density at radius 1 is 1.31 bits per heavy atom. The zero-order valence-corrected chi connectivity index (χ0v) is 8.74. The molecule has 4 heteroatoms. The first-order valence-electron chi connectivity index (χ1n) is 4.78. The maximum absolute atomic E-state index is 12.6. The normalized spacial score (nSPS) is 11.2. The number of hydrogen-bond donors (Lipinski definition) is 1. The van der Waals surface area contributed by atoms with Gasteiger partial charge in [-0.2, -0.15) is 0 Å². The average molecular weight is 222 g/mol. The van der Waals surface area contributed by atoms with E-state index in [-0.39, 0.29) is 12.0 Å². The first-order valence-corrected chi connectivity index (χ1v) is 4.78. The quantitative estimate of drug-likeness (QED) is 0.483. The molecule has 0 aliphatic rings. The Hall–Kier alpha value is -1.97. The summed E-state index contributed by atoms with van der Waals surface area (Å²) < 4.78 is 12.6. The van der Waals surface area contributed by atoms with Gasteiger partial charge in [0.05, 0.1) is 0 Å². The zero-order valence-electron chi connectivity index (χ0n) is 8.74. The van der Waals surface area contributed by atoms with E-state index < -0.39 is 17.6 Å². The average Bonchev–Trinajstić information content (AvgIpc) is 2.27. The maximum atomic E-state index is 12.6. The number of carboxylic acids is 1. The molecule has 1 N–H and O–H groups in total. The van der Waals surface area contributed by atoms with Gasteiger partial charge in [-0.3, -0.25) is 4.79 Å². The summed E-state index contributed by atoms with van der Waals surface area (Å²) in [7, 11) is 0. The van der Waals surface area contributed by atoms with Crippen molar-refractivity contribution in [2.24, 2.45) is 0 Å². The Balaban J connectivity index is 3.07. The van der Waals surface area contributed by atoms with E-state index in [2.05, 4.69) is 0 Å². The molecular formula is C12H11FO3. The molecule has 0 amide bonds. The van der Waals surface area contributed by atoms with E-state index in [4.69, 9.17) is 5.11 Å². The molecule has 0 heterocycles. The largest absolute Gasteiger partial charge is 0.478 e. The maximum Gasteiger partial charge on any atom is 0.339 e. The number of benzene rings is 1. The second-order valence-electron chi connectivity index (χ2n) is 3.19. The van der Waals surface area contributed by atoms with Crippen molar-refractivity contribution >= 4 is 17.8 Å². The van der Waals surface area contributed by atoms with E-state index in [1.54, 1.807) is 6.92 Å². The van der Waals surface area contributed by atoms with Gasteiger partial charge in [0, 0.05) is 6.42 Å². The van der Waals surface area contributed by atoms with Crippen molar-refractivity contribution in [1.82, 2.24) is 0 Å². The number of halogens is 1. The van der Waals surface area contributed by atoms with Gasteiger partial charge in [0.15, 0.2) is 5.78 Å². The van der Waals surface area contributed by atoms with Crippen LogP contribution in [0.5, 0.6) is 0 Å². The van der Waals surface area contributed by atoms with Crippen LogP contribution in [0, 0.1) is 5.82 Å². The van der Waals surface area contributed by atoms with Crippen LogP contribution in [0.3, 0.4) is 0 Å². The number of carbonyl (C=O) groups is 2. The molecule has 84 valence electrons. The summed E-state index contributed by atoms with van der Waals surface area (Å²) >= 11 is 0. The summed E-state index contributed by atoms with van der Waals surface area (Å²) in [6, 6.07) is 5.26. The van der Waals surface area contributed by atoms with Gasteiger partial charge in [-0.25, -0.2) is 9.18 Å². The lowest BCUT2D eigenvalue weighted by Crippen LogP contribution is -2.10. The molecule has 0 saturated heterocycles. The van der Waals surface area contributed by atoms with Crippen LogP contribution in [0.2, 0.25) is 0 Å². The number of Topliss-reactive ketones (excluding diaryl/α,β-unsaturated/α-hetero) is 1. The van der Waals surface area contributed by atoms with Crippen molar-refractivity contribution in [3.8, 4) is 0 Å². The van der Waals surface area contributed by atoms with Crippen LogP contribution < -0.4 is 0 Å². The molecule has 0 aliphatic carbocycles. The van der Waals surface area contributed by atoms with Crippen LogP contribution in [-0.2, 0) is 9.59 Å². The lowest BCUT2D eigenvalue weighted by Gasteiger charge is -1.99. The van der Waals surface area contributed by atoms with Crippen LogP contribution in [0.15, 0.2) is 29.8 Å². The monoisotopic (exact) mass is 222 g/mol. The highest BCUT2D eigenvalue weighted by atomic mass is 19.1. The Morgan fingerprint density at radius 3 is 2.31 bits per heavy atom. The Labute approximate surface area is 92.2 Å². The molecule has 0 spiro atoms. The van der Waals surface area contributed by atoms with Gasteiger partial charge in [0.1, 0.15) is 11.4 Å². The van der Waals surface area contributed by atoms with Crippen molar-refractivity contribution in [3.63, 3.8) is 0 Å². The number of ketones is 1. The predicted molar refractivity (Wildman–Crippen MR) is 57.3 cm³/mol. The summed E-state index contributed by atoms with van der Waals surface area (Å²) in [5.74, 6) is -2.12. The number of aliphatic carboxylic acids is 1. The second kappa shape index (κ2) is 5.21. The molecule has 0 aromatic heterocycles. The van der Waals surface area contributed by atoms with Crippen molar-refractivity contribution in [3.05, 3.63) is 41.2 Å². The minimum Gasteiger partial charge on any atom is -0.478 e. The fourth-order valence-corrected chi connectivity index (χ4v) is 1.18. The van der Waals surface area contributed by atoms with Crippen LogP contribution >= 0.6 is 0 Å². The molecule has 0 fully saturated rings. The number of carboxylic acid groups (broad SMARTS) is 1. The van der Waals surface area contributed by atoms with Crippen molar-refractivity contribution in [2.75, 3.05) is 0 Å². The fraction of sp³-hybridized carbons (Fsp3) is 0.167. The predicted octanol–water partition coefficient (Wildman–Crippen LogP) is 2.27. The molecule has 1 rings (SSSR count). The van der Waals surface area contributed by atoms with Crippen molar-refractivity contribution < 1.29 is 19.1 Å². The molecule has 1 aromatic rings. The standard InChI is InChI=1S/C12H11FO3/c1-2-11(14)10(12(15)16)7-8-3-5-9(13)6-4-8/h3-7H,2H2,1H3,(H,15,16)/b10-7-. The van der Waals surface area contributed by atoms with E-state index in [1.807, 2.05) is 0 Å². The summed E-state index contributed by atoms with van der Waals surface area (Å²) in [6.45, 7) is 1.59. The molecule has 16 heavy (non-hydrogen) atoms. The molecule has 0 saturated carbocycles. The van der Waals surface area contributed by atoms with E-state index in [0.717, 1.165) is 0 Å². The lowest BCUT2D eigenvalue weighted by atomic mass is 10.1. The van der Waals surface area contributed by atoms with Gasteiger partial charge >= 0.3 is 5.97 Å². The molecule has 0 atom stereocenters. The SMILES string of the molecule is CCC(=O)/C(=C/c1ccc(F)cc1)C(=O)O. The highest BCUT2D eigenvalue weighted by Gasteiger charge is 2.14. The summed E-state index contributed by atoms with van der Waals surface area (Å²) in [4.78, 5) is 22.1. The van der Waals surface area contributed by atoms with Gasteiger partial charge in [0.2, 0.25) is 0 Å². The summed E-state index contributed by atoms with van der Waals surface area (Å²) in [5, 5.41) is 8.83. The third-order valence-electron chi connectivity index (χ3n) is 2.03. The summed E-state index contributed by atoms with van der Waals surface area (Å²) in [6.07, 6.45) is 1.37. The number of hydrogen-bond acceptors (Lipinski definition) is 2. The van der Waals surface area contributed by atoms with Crippen LogP contribution in [0.1, 0.15) is 18.9 Å².